The Morgan fingerprint density at radius 3 is 2.64 bits per heavy atom. The smallest absolute Gasteiger partial charge is 0.241 e. The second kappa shape index (κ2) is 5.73. The minimum absolute atomic E-state index is 0.000343. The highest BCUT2D eigenvalue weighted by atomic mass is 32.2. The standard InChI is InChI=1S/C15H16FN3O2S/c1-11-7-13(16)9-14(8-11)22(20,21)19-6-3-12(10-19)15-17-4-2-5-18-15/h2,4-5,7-9,12H,3,6,10H2,1H3. The molecule has 1 aromatic carbocycles. The fraction of sp³-hybridized carbons (Fsp3) is 0.333. The van der Waals surface area contributed by atoms with Crippen LogP contribution in [0.3, 0.4) is 0 Å². The van der Waals surface area contributed by atoms with Crippen LogP contribution in [0.2, 0.25) is 0 Å². The van der Waals surface area contributed by atoms with E-state index in [0.717, 1.165) is 6.07 Å². The molecule has 0 bridgehead atoms. The third-order valence-electron chi connectivity index (χ3n) is 3.76. The molecular formula is C15H16FN3O2S. The van der Waals surface area contributed by atoms with Crippen LogP contribution in [0.1, 0.15) is 23.7 Å². The first-order chi connectivity index (χ1) is 10.5. The van der Waals surface area contributed by atoms with E-state index in [-0.39, 0.29) is 10.8 Å². The van der Waals surface area contributed by atoms with Crippen LogP contribution in [0.5, 0.6) is 0 Å². The lowest BCUT2D eigenvalue weighted by Crippen LogP contribution is -2.29. The number of halogens is 1. The van der Waals surface area contributed by atoms with Gasteiger partial charge in [-0.15, -0.1) is 0 Å². The molecule has 1 aromatic heterocycles. The fourth-order valence-corrected chi connectivity index (χ4v) is 4.30. The molecule has 22 heavy (non-hydrogen) atoms. The van der Waals surface area contributed by atoms with Gasteiger partial charge in [-0.3, -0.25) is 0 Å². The summed E-state index contributed by atoms with van der Waals surface area (Å²) in [5, 5.41) is 0. The summed E-state index contributed by atoms with van der Waals surface area (Å²) in [6.07, 6.45) is 3.96. The van der Waals surface area contributed by atoms with E-state index < -0.39 is 15.8 Å². The van der Waals surface area contributed by atoms with E-state index in [4.69, 9.17) is 0 Å². The third-order valence-corrected chi connectivity index (χ3v) is 5.60. The zero-order valence-electron chi connectivity index (χ0n) is 12.1. The molecule has 0 saturated carbocycles. The Kier molecular flexibility index (Phi) is 3.92. The molecule has 0 aliphatic carbocycles. The van der Waals surface area contributed by atoms with Crippen molar-refractivity contribution >= 4 is 10.0 Å². The van der Waals surface area contributed by atoms with Crippen LogP contribution in [-0.2, 0) is 10.0 Å². The summed E-state index contributed by atoms with van der Waals surface area (Å²) in [6, 6.07) is 5.59. The molecule has 2 heterocycles. The van der Waals surface area contributed by atoms with Crippen LogP contribution >= 0.6 is 0 Å². The van der Waals surface area contributed by atoms with Crippen molar-refractivity contribution in [3.63, 3.8) is 0 Å². The second-order valence-electron chi connectivity index (χ2n) is 5.42. The molecule has 0 amide bonds. The van der Waals surface area contributed by atoms with E-state index in [1.807, 2.05) is 0 Å². The molecule has 1 aliphatic heterocycles. The van der Waals surface area contributed by atoms with Crippen LogP contribution < -0.4 is 0 Å². The first kappa shape index (κ1) is 15.1. The van der Waals surface area contributed by atoms with Crippen LogP contribution in [0.15, 0.2) is 41.6 Å². The van der Waals surface area contributed by atoms with Gasteiger partial charge in [0.15, 0.2) is 0 Å². The Morgan fingerprint density at radius 1 is 1.23 bits per heavy atom. The topological polar surface area (TPSA) is 63.2 Å². The molecule has 1 unspecified atom stereocenters. The van der Waals surface area contributed by atoms with Crippen molar-refractivity contribution in [2.45, 2.75) is 24.2 Å². The summed E-state index contributed by atoms with van der Waals surface area (Å²) in [5.41, 5.74) is 0.584. The van der Waals surface area contributed by atoms with E-state index in [1.54, 1.807) is 25.4 Å². The van der Waals surface area contributed by atoms with E-state index in [1.165, 1.54) is 16.4 Å². The first-order valence-corrected chi connectivity index (χ1v) is 8.45. The molecule has 0 radical (unpaired) electrons. The zero-order chi connectivity index (χ0) is 15.7. The fourth-order valence-electron chi connectivity index (χ4n) is 2.68. The lowest BCUT2D eigenvalue weighted by Gasteiger charge is -2.16. The van der Waals surface area contributed by atoms with Gasteiger partial charge < -0.3 is 0 Å². The average molecular weight is 321 g/mol. The Balaban J connectivity index is 1.85. The molecule has 1 fully saturated rings. The molecule has 1 atom stereocenters. The molecule has 0 N–H and O–H groups in total. The Morgan fingerprint density at radius 2 is 1.95 bits per heavy atom. The molecule has 116 valence electrons. The van der Waals surface area contributed by atoms with Gasteiger partial charge in [-0.1, -0.05) is 0 Å². The molecule has 7 heteroatoms. The largest absolute Gasteiger partial charge is 0.243 e. The maximum Gasteiger partial charge on any atom is 0.243 e. The monoisotopic (exact) mass is 321 g/mol. The number of benzene rings is 1. The van der Waals surface area contributed by atoms with E-state index in [0.29, 0.717) is 30.9 Å². The van der Waals surface area contributed by atoms with E-state index in [2.05, 4.69) is 9.97 Å². The number of aryl methyl sites for hydroxylation is 1. The lowest BCUT2D eigenvalue weighted by molar-refractivity contribution is 0.470. The van der Waals surface area contributed by atoms with Crippen molar-refractivity contribution in [3.05, 3.63) is 53.9 Å². The summed E-state index contributed by atoms with van der Waals surface area (Å²) in [6.45, 7) is 2.38. The second-order valence-corrected chi connectivity index (χ2v) is 7.36. The molecule has 3 rings (SSSR count). The molecule has 2 aromatic rings. The van der Waals surface area contributed by atoms with E-state index in [9.17, 15) is 12.8 Å². The van der Waals surface area contributed by atoms with Crippen LogP contribution in [0, 0.1) is 12.7 Å². The van der Waals surface area contributed by atoms with Gasteiger partial charge in [-0.25, -0.2) is 22.8 Å². The van der Waals surface area contributed by atoms with Gasteiger partial charge in [0, 0.05) is 31.4 Å². The SMILES string of the molecule is Cc1cc(F)cc(S(=O)(=O)N2CCC(c3ncccn3)C2)c1. The van der Waals surface area contributed by atoms with Crippen molar-refractivity contribution < 1.29 is 12.8 Å². The quantitative estimate of drug-likeness (QED) is 0.868. The molecular weight excluding hydrogens is 305 g/mol. The van der Waals surface area contributed by atoms with Gasteiger partial charge in [0.1, 0.15) is 11.6 Å². The number of sulfonamides is 1. The van der Waals surface area contributed by atoms with Gasteiger partial charge in [-0.2, -0.15) is 4.31 Å². The average Bonchev–Trinajstić information content (AvgIpc) is 2.98. The van der Waals surface area contributed by atoms with Gasteiger partial charge in [0.05, 0.1) is 4.90 Å². The minimum Gasteiger partial charge on any atom is -0.241 e. The predicted octanol–water partition coefficient (Wildman–Crippen LogP) is 2.10. The van der Waals surface area contributed by atoms with Crippen molar-refractivity contribution in [3.8, 4) is 0 Å². The summed E-state index contributed by atoms with van der Waals surface area (Å²) in [7, 11) is -3.69. The minimum atomic E-state index is -3.69. The summed E-state index contributed by atoms with van der Waals surface area (Å²) >= 11 is 0. The molecule has 1 aliphatic rings. The Bertz CT molecular complexity index is 760. The molecule has 1 saturated heterocycles. The van der Waals surface area contributed by atoms with Crippen molar-refractivity contribution in [2.24, 2.45) is 0 Å². The molecule has 0 spiro atoms. The van der Waals surface area contributed by atoms with Crippen molar-refractivity contribution in [2.75, 3.05) is 13.1 Å². The van der Waals surface area contributed by atoms with Gasteiger partial charge in [0.2, 0.25) is 10.0 Å². The van der Waals surface area contributed by atoms with Crippen LogP contribution in [0.4, 0.5) is 4.39 Å². The van der Waals surface area contributed by atoms with Crippen molar-refractivity contribution in [1.29, 1.82) is 0 Å². The highest BCUT2D eigenvalue weighted by molar-refractivity contribution is 7.89. The lowest BCUT2D eigenvalue weighted by atomic mass is 10.1. The third kappa shape index (κ3) is 2.86. The van der Waals surface area contributed by atoms with Crippen LogP contribution in [-0.4, -0.2) is 35.8 Å². The number of rotatable bonds is 3. The van der Waals surface area contributed by atoms with Crippen LogP contribution in [0.25, 0.3) is 0 Å². The van der Waals surface area contributed by atoms with Gasteiger partial charge in [-0.05, 0) is 43.2 Å². The Hall–Kier alpha value is -1.86. The highest BCUT2D eigenvalue weighted by Crippen LogP contribution is 2.29. The molecule has 5 nitrogen and oxygen atoms in total. The van der Waals surface area contributed by atoms with Gasteiger partial charge in [0.25, 0.3) is 0 Å². The number of nitrogens with zero attached hydrogens (tertiary/aromatic N) is 3. The maximum absolute atomic E-state index is 13.5. The predicted molar refractivity (Wildman–Crippen MR) is 79.3 cm³/mol. The zero-order valence-corrected chi connectivity index (χ0v) is 12.9. The summed E-state index contributed by atoms with van der Waals surface area (Å²) in [5.74, 6) is 0.0852. The number of hydrogen-bond acceptors (Lipinski definition) is 4. The van der Waals surface area contributed by atoms with E-state index >= 15 is 0 Å². The van der Waals surface area contributed by atoms with Crippen molar-refractivity contribution in [1.82, 2.24) is 14.3 Å². The maximum atomic E-state index is 13.5. The number of aromatic nitrogens is 2. The first-order valence-electron chi connectivity index (χ1n) is 7.01. The number of hydrogen-bond donors (Lipinski definition) is 0. The summed E-state index contributed by atoms with van der Waals surface area (Å²) < 4.78 is 40.1. The normalized spacial score (nSPS) is 19.5. The Labute approximate surface area is 128 Å². The highest BCUT2D eigenvalue weighted by Gasteiger charge is 2.34. The van der Waals surface area contributed by atoms with Gasteiger partial charge >= 0.3 is 0 Å². The summed E-state index contributed by atoms with van der Waals surface area (Å²) in [4.78, 5) is 8.37.